The van der Waals surface area contributed by atoms with Crippen molar-refractivity contribution >= 4 is 0 Å². The summed E-state index contributed by atoms with van der Waals surface area (Å²) in [5, 5.41) is 8.40. The molecule has 0 unspecified atom stereocenters. The highest BCUT2D eigenvalue weighted by Gasteiger charge is 2.24. The average molecular weight is 336 g/mol. The van der Waals surface area contributed by atoms with E-state index in [0.717, 1.165) is 37.7 Å². The lowest BCUT2D eigenvalue weighted by molar-refractivity contribution is -0.0101. The molecule has 2 rings (SSSR count). The molecule has 2 fully saturated rings. The molecule has 2 aliphatic rings. The van der Waals surface area contributed by atoms with Crippen LogP contribution in [0.4, 0.5) is 4.39 Å². The molecule has 0 heterocycles. The number of halogens is 1. The number of ether oxygens (including phenoxy) is 1. The van der Waals surface area contributed by atoms with Crippen LogP contribution in [0, 0.1) is 29.1 Å². The molecule has 0 amide bonds. The lowest BCUT2D eigenvalue weighted by Gasteiger charge is -2.32. The van der Waals surface area contributed by atoms with Crippen molar-refractivity contribution in [3.8, 4) is 6.07 Å². The normalized spacial score (nSPS) is 31.6. The third kappa shape index (κ3) is 6.93. The zero-order chi connectivity index (χ0) is 17.2. The van der Waals surface area contributed by atoms with Crippen LogP contribution in [0.3, 0.4) is 0 Å². The second kappa shape index (κ2) is 10.9. The van der Waals surface area contributed by atoms with Crippen LogP contribution in [0.1, 0.15) is 84.0 Å². The van der Waals surface area contributed by atoms with Crippen molar-refractivity contribution in [2.75, 3.05) is 6.61 Å². The van der Waals surface area contributed by atoms with Crippen LogP contribution in [-0.2, 0) is 4.74 Å². The third-order valence-corrected chi connectivity index (χ3v) is 6.03. The summed E-state index contributed by atoms with van der Waals surface area (Å²) < 4.78 is 19.0. The van der Waals surface area contributed by atoms with Crippen LogP contribution in [0.5, 0.6) is 0 Å². The topological polar surface area (TPSA) is 33.0 Å². The Labute approximate surface area is 147 Å². The van der Waals surface area contributed by atoms with E-state index in [-0.39, 0.29) is 0 Å². The number of nitriles is 1. The number of nitrogens with zero attached hydrogens (tertiary/aromatic N) is 1. The Balaban J connectivity index is 1.55. The molecule has 0 bridgehead atoms. The summed E-state index contributed by atoms with van der Waals surface area (Å²) >= 11 is 0. The lowest BCUT2D eigenvalue weighted by atomic mass is 9.80. The van der Waals surface area contributed by atoms with Gasteiger partial charge in [0.2, 0.25) is 0 Å². The number of allylic oxidation sites excluding steroid dienone is 2. The first-order chi connectivity index (χ1) is 11.7. The quantitative estimate of drug-likeness (QED) is 0.486. The fourth-order valence-electron chi connectivity index (χ4n) is 4.45. The Morgan fingerprint density at radius 3 is 2.21 bits per heavy atom. The summed E-state index contributed by atoms with van der Waals surface area (Å²) in [5.41, 5.74) is 0. The fraction of sp³-hybridized carbons (Fsp3) is 0.857. The van der Waals surface area contributed by atoms with Gasteiger partial charge in [0, 0.05) is 6.61 Å². The second-order valence-corrected chi connectivity index (χ2v) is 7.89. The van der Waals surface area contributed by atoms with Crippen LogP contribution in [0.25, 0.3) is 0 Å². The van der Waals surface area contributed by atoms with E-state index < -0.39 is 5.83 Å². The van der Waals surface area contributed by atoms with Gasteiger partial charge in [-0.1, -0.05) is 32.6 Å². The predicted molar refractivity (Wildman–Crippen MR) is 96.1 cm³/mol. The molecular weight excluding hydrogens is 301 g/mol. The zero-order valence-electron chi connectivity index (χ0n) is 15.3. The fourth-order valence-corrected chi connectivity index (χ4v) is 4.45. The van der Waals surface area contributed by atoms with Gasteiger partial charge in [0.1, 0.15) is 6.07 Å². The van der Waals surface area contributed by atoms with Gasteiger partial charge in [-0.25, -0.2) is 0 Å². The predicted octanol–water partition coefficient (Wildman–Crippen LogP) is 6.33. The minimum absolute atomic E-state index is 0.445. The van der Waals surface area contributed by atoms with Gasteiger partial charge in [0.15, 0.2) is 5.83 Å². The number of hydrogen-bond acceptors (Lipinski definition) is 2. The van der Waals surface area contributed by atoms with E-state index in [1.54, 1.807) is 6.07 Å². The van der Waals surface area contributed by atoms with E-state index in [1.807, 2.05) is 0 Å². The molecule has 2 saturated carbocycles. The average Bonchev–Trinajstić information content (AvgIpc) is 2.62. The molecule has 0 radical (unpaired) electrons. The summed E-state index contributed by atoms with van der Waals surface area (Å²) in [6, 6.07) is 1.54. The molecule has 0 N–H and O–H groups in total. The molecule has 0 aromatic rings. The van der Waals surface area contributed by atoms with Crippen molar-refractivity contribution in [3.63, 3.8) is 0 Å². The van der Waals surface area contributed by atoms with Crippen molar-refractivity contribution in [1.29, 1.82) is 5.26 Å². The summed E-state index contributed by atoms with van der Waals surface area (Å²) in [6.45, 7) is 3.26. The van der Waals surface area contributed by atoms with E-state index in [0.29, 0.717) is 18.4 Å². The molecule has 0 aromatic carbocycles. The van der Waals surface area contributed by atoms with Gasteiger partial charge in [0.25, 0.3) is 0 Å². The molecule has 0 saturated heterocycles. The van der Waals surface area contributed by atoms with Crippen LogP contribution in [-0.4, -0.2) is 12.7 Å². The molecule has 3 heteroatoms. The number of rotatable bonds is 8. The minimum Gasteiger partial charge on any atom is -0.378 e. The molecule has 24 heavy (non-hydrogen) atoms. The monoisotopic (exact) mass is 335 g/mol. The van der Waals surface area contributed by atoms with Crippen molar-refractivity contribution in [2.24, 2.45) is 17.8 Å². The maximum atomic E-state index is 12.8. The summed E-state index contributed by atoms with van der Waals surface area (Å²) in [5.74, 6) is 1.80. The van der Waals surface area contributed by atoms with Gasteiger partial charge in [-0.15, -0.1) is 0 Å². The maximum Gasteiger partial charge on any atom is 0.196 e. The SMILES string of the molecule is CCC[C@H]1CC[C@H](CO[C@H]2CC[C@H](CCC=C(F)C#N)CC2)CC1. The lowest BCUT2D eigenvalue weighted by Crippen LogP contribution is -2.26. The first kappa shape index (κ1) is 19.4. The Morgan fingerprint density at radius 1 is 1.00 bits per heavy atom. The van der Waals surface area contributed by atoms with Crippen LogP contribution >= 0.6 is 0 Å². The molecule has 0 spiro atoms. The highest BCUT2D eigenvalue weighted by molar-refractivity contribution is 5.11. The van der Waals surface area contributed by atoms with Gasteiger partial charge in [-0.05, 0) is 75.2 Å². The highest BCUT2D eigenvalue weighted by atomic mass is 19.1. The second-order valence-electron chi connectivity index (χ2n) is 7.89. The highest BCUT2D eigenvalue weighted by Crippen LogP contribution is 2.33. The van der Waals surface area contributed by atoms with Crippen molar-refractivity contribution < 1.29 is 9.13 Å². The molecule has 0 atom stereocenters. The summed E-state index contributed by atoms with van der Waals surface area (Å²) in [7, 11) is 0. The van der Waals surface area contributed by atoms with E-state index in [4.69, 9.17) is 10.00 Å². The van der Waals surface area contributed by atoms with Crippen LogP contribution in [0.2, 0.25) is 0 Å². The Kier molecular flexibility index (Phi) is 8.81. The van der Waals surface area contributed by atoms with Gasteiger partial charge in [-0.2, -0.15) is 9.65 Å². The van der Waals surface area contributed by atoms with Gasteiger partial charge >= 0.3 is 0 Å². The van der Waals surface area contributed by atoms with Crippen molar-refractivity contribution in [2.45, 2.75) is 90.1 Å². The Morgan fingerprint density at radius 2 is 1.58 bits per heavy atom. The summed E-state index contributed by atoms with van der Waals surface area (Å²) in [4.78, 5) is 0. The molecule has 2 aliphatic carbocycles. The van der Waals surface area contributed by atoms with E-state index >= 15 is 0 Å². The zero-order valence-corrected chi connectivity index (χ0v) is 15.3. The first-order valence-corrected chi connectivity index (χ1v) is 10.1. The van der Waals surface area contributed by atoms with E-state index in [1.165, 1.54) is 57.4 Å². The van der Waals surface area contributed by atoms with Gasteiger partial charge < -0.3 is 4.74 Å². The minimum atomic E-state index is -0.638. The largest absolute Gasteiger partial charge is 0.378 e. The maximum absolute atomic E-state index is 12.8. The number of hydrogen-bond donors (Lipinski definition) is 0. The van der Waals surface area contributed by atoms with Crippen molar-refractivity contribution in [1.82, 2.24) is 0 Å². The molecule has 136 valence electrons. The third-order valence-electron chi connectivity index (χ3n) is 6.03. The van der Waals surface area contributed by atoms with E-state index in [2.05, 4.69) is 6.92 Å². The Bertz CT molecular complexity index is 412. The molecule has 0 aromatic heterocycles. The van der Waals surface area contributed by atoms with Crippen LogP contribution < -0.4 is 0 Å². The Hall–Kier alpha value is -0.880. The van der Waals surface area contributed by atoms with Crippen LogP contribution in [0.15, 0.2) is 11.9 Å². The first-order valence-electron chi connectivity index (χ1n) is 10.1. The van der Waals surface area contributed by atoms with Crippen molar-refractivity contribution in [3.05, 3.63) is 11.9 Å². The smallest absolute Gasteiger partial charge is 0.196 e. The standard InChI is InChI=1S/C21H34FNO/c1-2-4-17-7-9-19(10-8-17)16-24-21-13-11-18(12-14-21)5-3-6-20(22)15-23/h6,17-19,21H,2-5,7-14,16H2,1H3/t17-,18-,19-,21-. The van der Waals surface area contributed by atoms with Gasteiger partial charge in [-0.3, -0.25) is 0 Å². The molecule has 2 nitrogen and oxygen atoms in total. The molecule has 0 aliphatic heterocycles. The molecular formula is C21H34FNO. The van der Waals surface area contributed by atoms with E-state index in [9.17, 15) is 4.39 Å². The summed E-state index contributed by atoms with van der Waals surface area (Å²) in [6.07, 6.45) is 16.5. The van der Waals surface area contributed by atoms with Gasteiger partial charge in [0.05, 0.1) is 6.10 Å².